The molecule has 0 aliphatic heterocycles. The van der Waals surface area contributed by atoms with E-state index in [2.05, 4.69) is 21.6 Å². The van der Waals surface area contributed by atoms with Gasteiger partial charge < -0.3 is 0 Å². The van der Waals surface area contributed by atoms with Crippen LogP contribution < -0.4 is 5.43 Å². The van der Waals surface area contributed by atoms with Gasteiger partial charge in [0.05, 0.1) is 11.4 Å². The highest BCUT2D eigenvalue weighted by atomic mass is 35.5. The van der Waals surface area contributed by atoms with Gasteiger partial charge in [-0.15, -0.1) is 11.3 Å². The molecule has 0 bridgehead atoms. The summed E-state index contributed by atoms with van der Waals surface area (Å²) < 4.78 is 0. The molecule has 4 nitrogen and oxygen atoms in total. The van der Waals surface area contributed by atoms with E-state index in [0.717, 1.165) is 16.9 Å². The van der Waals surface area contributed by atoms with Crippen LogP contribution >= 0.6 is 22.9 Å². The van der Waals surface area contributed by atoms with E-state index in [1.54, 1.807) is 0 Å². The van der Waals surface area contributed by atoms with Crippen LogP contribution in [0.1, 0.15) is 5.01 Å². The Balaban J connectivity index is 1.83. The Morgan fingerprint density at radius 1 is 1.13 bits per heavy atom. The number of nitrogens with one attached hydrogen (secondary N) is 1. The molecule has 2 aromatic carbocycles. The first kappa shape index (κ1) is 15.2. The lowest BCUT2D eigenvalue weighted by molar-refractivity contribution is 1.31. The number of benzene rings is 2. The molecule has 1 heterocycles. The van der Waals surface area contributed by atoms with Crippen molar-refractivity contribution in [2.75, 3.05) is 5.43 Å². The van der Waals surface area contributed by atoms with Crippen molar-refractivity contribution in [3.63, 3.8) is 0 Å². The summed E-state index contributed by atoms with van der Waals surface area (Å²) in [5.41, 5.74) is 5.67. The van der Waals surface area contributed by atoms with Gasteiger partial charge in [-0.2, -0.15) is 10.4 Å². The number of hydrogen-bond donors (Lipinski definition) is 1. The van der Waals surface area contributed by atoms with E-state index in [4.69, 9.17) is 11.6 Å². The number of hydrazone groups is 1. The Morgan fingerprint density at radius 2 is 1.87 bits per heavy atom. The number of rotatable bonds is 4. The number of para-hydroxylation sites is 1. The fourth-order valence-electron chi connectivity index (χ4n) is 1.89. The molecule has 0 amide bonds. The standard InChI is InChI=1S/C17H11ClN4S/c18-13-8-6-12(7-9-13)16-11-23-17(20-16)15(10-19)22-21-14-4-2-1-3-5-14/h1-9,11,21H/b22-15-. The molecule has 0 saturated heterocycles. The second-order valence-electron chi connectivity index (χ2n) is 4.59. The lowest BCUT2D eigenvalue weighted by Gasteiger charge is -1.99. The molecule has 112 valence electrons. The monoisotopic (exact) mass is 338 g/mol. The van der Waals surface area contributed by atoms with Crippen molar-refractivity contribution in [1.82, 2.24) is 4.98 Å². The van der Waals surface area contributed by atoms with Crippen molar-refractivity contribution in [2.24, 2.45) is 5.10 Å². The Kier molecular flexibility index (Phi) is 4.67. The van der Waals surface area contributed by atoms with Crippen molar-refractivity contribution >= 4 is 34.3 Å². The van der Waals surface area contributed by atoms with Gasteiger partial charge in [0.1, 0.15) is 6.07 Å². The molecule has 0 aliphatic carbocycles. The smallest absolute Gasteiger partial charge is 0.196 e. The van der Waals surface area contributed by atoms with Crippen LogP contribution in [0.25, 0.3) is 11.3 Å². The van der Waals surface area contributed by atoms with E-state index in [-0.39, 0.29) is 5.71 Å². The molecule has 1 aromatic heterocycles. The average molecular weight is 339 g/mol. The number of thiazole rings is 1. The molecule has 3 rings (SSSR count). The molecule has 0 saturated carbocycles. The third-order valence-electron chi connectivity index (χ3n) is 3.02. The minimum absolute atomic E-state index is 0.249. The normalized spacial score (nSPS) is 11.0. The van der Waals surface area contributed by atoms with E-state index < -0.39 is 0 Å². The van der Waals surface area contributed by atoms with Crippen LogP contribution in [0.4, 0.5) is 5.69 Å². The van der Waals surface area contributed by atoms with Gasteiger partial charge in [-0.3, -0.25) is 5.43 Å². The highest BCUT2D eigenvalue weighted by Gasteiger charge is 2.10. The summed E-state index contributed by atoms with van der Waals surface area (Å²) in [5, 5.41) is 16.6. The molecule has 23 heavy (non-hydrogen) atoms. The first-order chi connectivity index (χ1) is 11.3. The molecule has 0 fully saturated rings. The lowest BCUT2D eigenvalue weighted by atomic mass is 10.2. The van der Waals surface area contributed by atoms with Crippen molar-refractivity contribution in [2.45, 2.75) is 0 Å². The maximum atomic E-state index is 9.30. The second-order valence-corrected chi connectivity index (χ2v) is 5.89. The Bertz CT molecular complexity index is 864. The molecular weight excluding hydrogens is 328 g/mol. The lowest BCUT2D eigenvalue weighted by Crippen LogP contribution is -2.01. The van der Waals surface area contributed by atoms with Gasteiger partial charge in [-0.05, 0) is 24.3 Å². The number of nitriles is 1. The van der Waals surface area contributed by atoms with E-state index in [9.17, 15) is 5.26 Å². The SMILES string of the molecule is N#C/C(=N/Nc1ccccc1)c1nc(-c2ccc(Cl)cc2)cs1. The Labute approximate surface area is 142 Å². The summed E-state index contributed by atoms with van der Waals surface area (Å²) in [4.78, 5) is 4.48. The van der Waals surface area contributed by atoms with Gasteiger partial charge in [0, 0.05) is 16.0 Å². The van der Waals surface area contributed by atoms with Crippen LogP contribution in [0.2, 0.25) is 5.02 Å². The summed E-state index contributed by atoms with van der Waals surface area (Å²) in [7, 11) is 0. The number of hydrogen-bond acceptors (Lipinski definition) is 5. The van der Waals surface area contributed by atoms with Gasteiger partial charge in [-0.25, -0.2) is 4.98 Å². The van der Waals surface area contributed by atoms with Crippen LogP contribution in [-0.2, 0) is 0 Å². The summed E-state index contributed by atoms with van der Waals surface area (Å²) >= 11 is 7.27. The zero-order valence-electron chi connectivity index (χ0n) is 11.9. The first-order valence-electron chi connectivity index (χ1n) is 6.77. The fraction of sp³-hybridized carbons (Fsp3) is 0. The molecular formula is C17H11ClN4S. The molecule has 0 unspecified atom stereocenters. The zero-order chi connectivity index (χ0) is 16.1. The summed E-state index contributed by atoms with van der Waals surface area (Å²) in [6, 6.07) is 18.9. The molecule has 0 radical (unpaired) electrons. The Hall–Kier alpha value is -2.68. The molecule has 3 aromatic rings. The van der Waals surface area contributed by atoms with Gasteiger partial charge >= 0.3 is 0 Å². The molecule has 0 spiro atoms. The number of nitrogens with zero attached hydrogens (tertiary/aromatic N) is 3. The van der Waals surface area contributed by atoms with Crippen LogP contribution in [0.3, 0.4) is 0 Å². The molecule has 1 N–H and O–H groups in total. The third kappa shape index (κ3) is 3.75. The second kappa shape index (κ2) is 7.05. The highest BCUT2D eigenvalue weighted by Crippen LogP contribution is 2.24. The van der Waals surface area contributed by atoms with Crippen LogP contribution in [0.5, 0.6) is 0 Å². The topological polar surface area (TPSA) is 61.1 Å². The van der Waals surface area contributed by atoms with E-state index >= 15 is 0 Å². The van der Waals surface area contributed by atoms with Gasteiger partial charge in [0.15, 0.2) is 10.7 Å². The average Bonchev–Trinajstić information content (AvgIpc) is 3.07. The largest absolute Gasteiger partial charge is 0.277 e. The van der Waals surface area contributed by atoms with Gasteiger partial charge in [0.2, 0.25) is 0 Å². The number of halogens is 1. The van der Waals surface area contributed by atoms with E-state index in [1.807, 2.05) is 60.0 Å². The summed E-state index contributed by atoms with van der Waals surface area (Å²) in [6.45, 7) is 0. The first-order valence-corrected chi connectivity index (χ1v) is 8.03. The molecule has 0 atom stereocenters. The van der Waals surface area contributed by atoms with Crippen LogP contribution in [0, 0.1) is 11.3 Å². The van der Waals surface area contributed by atoms with E-state index in [1.165, 1.54) is 11.3 Å². The van der Waals surface area contributed by atoms with Crippen molar-refractivity contribution in [3.05, 3.63) is 70.0 Å². The van der Waals surface area contributed by atoms with Crippen LogP contribution in [0.15, 0.2) is 65.1 Å². The predicted molar refractivity (Wildman–Crippen MR) is 94.8 cm³/mol. The molecule has 0 aliphatic rings. The quantitative estimate of drug-likeness (QED) is 0.549. The fourth-order valence-corrected chi connectivity index (χ4v) is 2.78. The number of anilines is 1. The van der Waals surface area contributed by atoms with Crippen molar-refractivity contribution in [3.8, 4) is 17.3 Å². The highest BCUT2D eigenvalue weighted by molar-refractivity contribution is 7.12. The maximum Gasteiger partial charge on any atom is 0.196 e. The third-order valence-corrected chi connectivity index (χ3v) is 4.12. The minimum Gasteiger partial charge on any atom is -0.277 e. The van der Waals surface area contributed by atoms with Gasteiger partial charge in [0.25, 0.3) is 0 Å². The zero-order valence-corrected chi connectivity index (χ0v) is 13.5. The summed E-state index contributed by atoms with van der Waals surface area (Å²) in [6.07, 6.45) is 0. The predicted octanol–water partition coefficient (Wildman–Crippen LogP) is 4.80. The Morgan fingerprint density at radius 3 is 2.57 bits per heavy atom. The molecule has 6 heteroatoms. The number of aromatic nitrogens is 1. The van der Waals surface area contributed by atoms with Crippen LogP contribution in [-0.4, -0.2) is 10.7 Å². The van der Waals surface area contributed by atoms with Crippen molar-refractivity contribution < 1.29 is 0 Å². The van der Waals surface area contributed by atoms with Crippen molar-refractivity contribution in [1.29, 1.82) is 5.26 Å². The maximum absolute atomic E-state index is 9.30. The van der Waals surface area contributed by atoms with Gasteiger partial charge in [-0.1, -0.05) is 41.9 Å². The minimum atomic E-state index is 0.249. The van der Waals surface area contributed by atoms with E-state index in [0.29, 0.717) is 10.0 Å². The summed E-state index contributed by atoms with van der Waals surface area (Å²) in [5.74, 6) is 0.